The van der Waals surface area contributed by atoms with Crippen molar-refractivity contribution in [2.45, 2.75) is 88.0 Å². The number of rotatable bonds is 3. The van der Waals surface area contributed by atoms with E-state index in [-0.39, 0.29) is 23.5 Å². The van der Waals surface area contributed by atoms with E-state index in [9.17, 15) is 13.8 Å². The molecular formula is C37H47ClN4O5S. The van der Waals surface area contributed by atoms with E-state index < -0.39 is 27.1 Å². The predicted octanol–water partition coefficient (Wildman–Crippen LogP) is 6.82. The van der Waals surface area contributed by atoms with Crippen molar-refractivity contribution >= 4 is 39.1 Å². The fourth-order valence-corrected chi connectivity index (χ4v) is 10.1. The Morgan fingerprint density at radius 1 is 1.15 bits per heavy atom. The summed E-state index contributed by atoms with van der Waals surface area (Å²) in [5.41, 5.74) is 3.47. The summed E-state index contributed by atoms with van der Waals surface area (Å²) in [5.74, 6) is 0.722. The Morgan fingerprint density at radius 2 is 1.98 bits per heavy atom. The Hall–Kier alpha value is -3.08. The Morgan fingerprint density at radius 3 is 2.73 bits per heavy atom. The van der Waals surface area contributed by atoms with E-state index in [0.717, 1.165) is 68.7 Å². The largest absolute Gasteiger partial charge is 0.490 e. The minimum absolute atomic E-state index is 0.0437. The minimum atomic E-state index is -3.50. The first-order valence-electron chi connectivity index (χ1n) is 17.5. The van der Waals surface area contributed by atoms with Gasteiger partial charge in [-0.15, -0.1) is 4.36 Å². The Labute approximate surface area is 289 Å². The highest BCUT2D eigenvalue weighted by Crippen LogP contribution is 2.47. The Kier molecular flexibility index (Phi) is 9.28. The zero-order valence-corrected chi connectivity index (χ0v) is 29.7. The van der Waals surface area contributed by atoms with Crippen LogP contribution in [0.3, 0.4) is 0 Å². The number of hydrogen-bond acceptors (Lipinski definition) is 6. The number of methoxy groups -OCH3 is 1. The molecule has 1 spiro atoms. The molecule has 0 saturated heterocycles. The summed E-state index contributed by atoms with van der Waals surface area (Å²) in [7, 11) is -1.72. The van der Waals surface area contributed by atoms with Gasteiger partial charge in [-0.3, -0.25) is 4.79 Å². The fourth-order valence-electron chi connectivity index (χ4n) is 8.06. The van der Waals surface area contributed by atoms with Gasteiger partial charge in [0.2, 0.25) is 0 Å². The first-order chi connectivity index (χ1) is 23.1. The molecular weight excluding hydrogens is 648 g/mol. The molecule has 7 rings (SSSR count). The van der Waals surface area contributed by atoms with Gasteiger partial charge in [0.25, 0.3) is 5.91 Å². The second-order valence-electron chi connectivity index (χ2n) is 14.6. The van der Waals surface area contributed by atoms with Crippen molar-refractivity contribution in [2.75, 3.05) is 31.7 Å². The summed E-state index contributed by atoms with van der Waals surface area (Å²) >= 11 is 6.45. The maximum atomic E-state index is 14.5. The van der Waals surface area contributed by atoms with Crippen LogP contribution < -0.4 is 19.7 Å². The number of carbonyl (C=O) groups excluding carboxylic acids is 2. The normalized spacial score (nSPS) is 34.0. The van der Waals surface area contributed by atoms with Gasteiger partial charge < -0.3 is 19.7 Å². The number of nitrogens with zero attached hydrogens (tertiary/aromatic N) is 2. The summed E-state index contributed by atoms with van der Waals surface area (Å²) in [6.07, 6.45) is 11.8. The van der Waals surface area contributed by atoms with Gasteiger partial charge in [0.05, 0.1) is 23.6 Å². The standard InChI is InChI=1S/C37H47ClN4O5S/c1-23-6-4-8-33(46-3)30-14-9-27(30)20-42-21-37(17-5-7-25-18-28(38)11-15-31(25)37)22-47-34-16-10-26(19-32(34)42)35(43)40-48(45,24(23)2)41-36(44)39-29-12-13-29/h4,8,10-11,15-16,18-19,23-24,27,29-30,33H,5-7,9,12-14,17,20-22H2,1-3H3,(H2,39,40,41,43,44,45)/b8-4+. The van der Waals surface area contributed by atoms with Crippen LogP contribution in [0.1, 0.15) is 80.3 Å². The number of ether oxygens (including phenoxy) is 2. The number of amides is 3. The molecule has 11 heteroatoms. The molecule has 2 aliphatic heterocycles. The number of benzene rings is 2. The quantitative estimate of drug-likeness (QED) is 0.341. The van der Waals surface area contributed by atoms with Crippen LogP contribution in [0.5, 0.6) is 5.75 Å². The number of carbonyl (C=O) groups is 2. The number of fused-ring (bicyclic) bond motifs is 4. The van der Waals surface area contributed by atoms with Crippen molar-refractivity contribution in [3.05, 3.63) is 70.3 Å². The third-order valence-corrected chi connectivity index (χ3v) is 14.0. The van der Waals surface area contributed by atoms with E-state index >= 15 is 0 Å². The zero-order chi connectivity index (χ0) is 33.6. The van der Waals surface area contributed by atoms with E-state index in [2.05, 4.69) is 43.6 Å². The third kappa shape index (κ3) is 6.60. The Bertz CT molecular complexity index is 1740. The van der Waals surface area contributed by atoms with Crippen molar-refractivity contribution < 1.29 is 23.3 Å². The molecule has 48 heavy (non-hydrogen) atoms. The summed E-state index contributed by atoms with van der Waals surface area (Å²) < 4.78 is 34.2. The third-order valence-electron chi connectivity index (χ3n) is 11.4. The number of aryl methyl sites for hydroxylation is 1. The molecule has 2 aromatic rings. The maximum absolute atomic E-state index is 14.5. The lowest BCUT2D eigenvalue weighted by Crippen LogP contribution is -2.49. The molecule has 2 aromatic carbocycles. The van der Waals surface area contributed by atoms with Gasteiger partial charge in [-0.2, -0.15) is 0 Å². The SMILES string of the molecule is COC1/C=C/CC(C)C(C)S(=O)(NC(=O)NC2CC2)=NC(=O)c2ccc3c(c2)N(CC2CCC21)CC1(CCCc2cc(Cl)ccc21)CO3. The molecule has 2 fully saturated rings. The highest BCUT2D eigenvalue weighted by atomic mass is 35.5. The number of urea groups is 1. The summed E-state index contributed by atoms with van der Waals surface area (Å²) in [4.78, 5) is 29.3. The van der Waals surface area contributed by atoms with Crippen molar-refractivity contribution in [1.82, 2.24) is 10.0 Å². The van der Waals surface area contributed by atoms with Crippen LogP contribution in [0, 0.1) is 17.8 Å². The average Bonchev–Trinajstić information content (AvgIpc) is 3.88. The van der Waals surface area contributed by atoms with E-state index in [0.29, 0.717) is 36.2 Å². The van der Waals surface area contributed by atoms with Gasteiger partial charge >= 0.3 is 6.03 Å². The molecule has 0 radical (unpaired) electrons. The molecule has 3 amide bonds. The van der Waals surface area contributed by atoms with Crippen LogP contribution in [-0.4, -0.2) is 60.3 Å². The zero-order valence-electron chi connectivity index (χ0n) is 28.1. The molecule has 2 heterocycles. The van der Waals surface area contributed by atoms with Gasteiger partial charge in [-0.05, 0) is 118 Å². The summed E-state index contributed by atoms with van der Waals surface area (Å²) in [6.45, 7) is 5.82. The molecule has 3 aliphatic carbocycles. The molecule has 5 aliphatic rings. The molecule has 258 valence electrons. The monoisotopic (exact) mass is 694 g/mol. The second kappa shape index (κ2) is 13.3. The van der Waals surface area contributed by atoms with E-state index in [1.54, 1.807) is 20.1 Å². The van der Waals surface area contributed by atoms with Crippen LogP contribution in [0.2, 0.25) is 5.02 Å². The van der Waals surface area contributed by atoms with Gasteiger partial charge in [0, 0.05) is 42.2 Å². The average molecular weight is 695 g/mol. The predicted molar refractivity (Wildman–Crippen MR) is 189 cm³/mol. The van der Waals surface area contributed by atoms with Gasteiger partial charge in [-0.1, -0.05) is 36.7 Å². The molecule has 0 aromatic heterocycles. The second-order valence-corrected chi connectivity index (χ2v) is 17.4. The van der Waals surface area contributed by atoms with Crippen LogP contribution >= 0.6 is 11.6 Å². The van der Waals surface area contributed by atoms with Crippen LogP contribution in [0.4, 0.5) is 10.5 Å². The molecule has 9 nitrogen and oxygen atoms in total. The summed E-state index contributed by atoms with van der Waals surface area (Å²) in [5, 5.41) is 2.99. The first kappa shape index (κ1) is 33.4. The van der Waals surface area contributed by atoms with Gasteiger partial charge in [-0.25, -0.2) is 13.7 Å². The fraction of sp³-hybridized carbons (Fsp3) is 0.568. The highest BCUT2D eigenvalue weighted by Gasteiger charge is 2.44. The maximum Gasteiger partial charge on any atom is 0.327 e. The van der Waals surface area contributed by atoms with Gasteiger partial charge in [0.15, 0.2) is 0 Å². The van der Waals surface area contributed by atoms with Gasteiger partial charge in [0.1, 0.15) is 15.7 Å². The summed E-state index contributed by atoms with van der Waals surface area (Å²) in [6, 6.07) is 11.1. The van der Waals surface area contributed by atoms with Crippen molar-refractivity contribution in [2.24, 2.45) is 22.1 Å². The van der Waals surface area contributed by atoms with E-state index in [1.165, 1.54) is 11.1 Å². The van der Waals surface area contributed by atoms with Crippen LogP contribution in [0.25, 0.3) is 0 Å². The number of nitrogens with one attached hydrogen (secondary N) is 2. The topological polar surface area (TPSA) is 109 Å². The van der Waals surface area contributed by atoms with Crippen LogP contribution in [0.15, 0.2) is 52.9 Å². The van der Waals surface area contributed by atoms with Crippen molar-refractivity contribution in [3.8, 4) is 5.75 Å². The lowest BCUT2D eigenvalue weighted by molar-refractivity contribution is 0.0131. The smallest absolute Gasteiger partial charge is 0.327 e. The number of anilines is 1. The van der Waals surface area contributed by atoms with Crippen molar-refractivity contribution in [1.29, 1.82) is 0 Å². The molecule has 7 unspecified atom stereocenters. The molecule has 2 saturated carbocycles. The molecule has 2 N–H and O–H groups in total. The number of allylic oxidation sites excluding steroid dienone is 1. The lowest BCUT2D eigenvalue weighted by atomic mass is 9.68. The number of halogens is 1. The van der Waals surface area contributed by atoms with E-state index in [1.807, 2.05) is 25.1 Å². The van der Waals surface area contributed by atoms with Crippen molar-refractivity contribution in [3.63, 3.8) is 0 Å². The molecule has 7 atom stereocenters. The minimum Gasteiger partial charge on any atom is -0.490 e. The van der Waals surface area contributed by atoms with Crippen LogP contribution in [-0.2, 0) is 26.5 Å². The Balaban J connectivity index is 1.31. The lowest BCUT2D eigenvalue weighted by Gasteiger charge is -2.46. The number of hydrogen-bond donors (Lipinski definition) is 2. The van der Waals surface area contributed by atoms with E-state index in [4.69, 9.17) is 21.1 Å². The highest BCUT2D eigenvalue weighted by molar-refractivity contribution is 7.93. The molecule has 2 bridgehead atoms. The first-order valence-corrected chi connectivity index (χ1v) is 19.4.